The van der Waals surface area contributed by atoms with Gasteiger partial charge in [0.2, 0.25) is 5.96 Å². The van der Waals surface area contributed by atoms with Gasteiger partial charge in [-0.2, -0.15) is 0 Å². The lowest BCUT2D eigenvalue weighted by Crippen LogP contribution is -2.43. The smallest absolute Gasteiger partial charge is 0.316 e. The number of hydrogen-bond donors (Lipinski definition) is 1. The molecule has 1 aliphatic rings. The number of carbonyl (C=O) groups is 1. The highest BCUT2D eigenvalue weighted by atomic mass is 19.1. The molecule has 1 aromatic carbocycles. The van der Waals surface area contributed by atoms with Gasteiger partial charge in [0.15, 0.2) is 0 Å². The first-order valence-corrected chi connectivity index (χ1v) is 6.69. The van der Waals surface area contributed by atoms with E-state index in [9.17, 15) is 9.18 Å². The Morgan fingerprint density at radius 2 is 1.95 bits per heavy atom. The molecular formula is C15H18FN3O2. The zero-order valence-corrected chi connectivity index (χ0v) is 12.2. The zero-order chi connectivity index (χ0) is 15.6. The molecule has 0 saturated carbocycles. The van der Waals surface area contributed by atoms with Gasteiger partial charge in [-0.25, -0.2) is 14.4 Å². The van der Waals surface area contributed by atoms with Crippen LogP contribution in [0.5, 0.6) is 0 Å². The molecule has 5 nitrogen and oxygen atoms in total. The third-order valence-electron chi connectivity index (χ3n) is 3.43. The topological polar surface area (TPSA) is 77.0 Å². The van der Waals surface area contributed by atoms with Crippen molar-refractivity contribution in [3.63, 3.8) is 0 Å². The number of rotatable bonds is 3. The lowest BCUT2D eigenvalue weighted by atomic mass is 9.83. The SMILES string of the molecule is COC(=O)C1C(c2ccc(F)cc2)=NC(N)=NC1C(C)C. The summed E-state index contributed by atoms with van der Waals surface area (Å²) in [4.78, 5) is 20.6. The molecule has 21 heavy (non-hydrogen) atoms. The van der Waals surface area contributed by atoms with Gasteiger partial charge >= 0.3 is 5.97 Å². The number of esters is 1. The van der Waals surface area contributed by atoms with Crippen molar-refractivity contribution < 1.29 is 13.9 Å². The van der Waals surface area contributed by atoms with E-state index in [2.05, 4.69) is 9.98 Å². The first kappa shape index (κ1) is 15.2. The van der Waals surface area contributed by atoms with Gasteiger partial charge in [0.1, 0.15) is 11.7 Å². The van der Waals surface area contributed by atoms with E-state index in [-0.39, 0.29) is 23.7 Å². The molecule has 2 rings (SSSR count). The van der Waals surface area contributed by atoms with Gasteiger partial charge < -0.3 is 10.5 Å². The minimum Gasteiger partial charge on any atom is -0.468 e. The molecule has 0 spiro atoms. The average Bonchev–Trinajstić information content (AvgIpc) is 2.46. The number of hydrogen-bond acceptors (Lipinski definition) is 5. The van der Waals surface area contributed by atoms with Gasteiger partial charge in [-0.1, -0.05) is 26.0 Å². The Balaban J connectivity index is 2.50. The van der Waals surface area contributed by atoms with Crippen LogP contribution in [0.4, 0.5) is 4.39 Å². The highest BCUT2D eigenvalue weighted by Gasteiger charge is 2.38. The fraction of sp³-hybridized carbons (Fsp3) is 0.400. The van der Waals surface area contributed by atoms with E-state index in [4.69, 9.17) is 10.5 Å². The quantitative estimate of drug-likeness (QED) is 0.862. The van der Waals surface area contributed by atoms with E-state index >= 15 is 0 Å². The maximum atomic E-state index is 13.1. The van der Waals surface area contributed by atoms with Crippen molar-refractivity contribution in [3.8, 4) is 0 Å². The Hall–Kier alpha value is -2.24. The molecule has 0 saturated heterocycles. The fourth-order valence-corrected chi connectivity index (χ4v) is 2.39. The molecule has 0 aliphatic carbocycles. The van der Waals surface area contributed by atoms with Crippen molar-refractivity contribution in [2.24, 2.45) is 27.6 Å². The van der Waals surface area contributed by atoms with E-state index < -0.39 is 11.9 Å². The Morgan fingerprint density at radius 3 is 2.48 bits per heavy atom. The van der Waals surface area contributed by atoms with Crippen LogP contribution in [0.2, 0.25) is 0 Å². The maximum absolute atomic E-state index is 13.1. The summed E-state index contributed by atoms with van der Waals surface area (Å²) in [6.45, 7) is 3.90. The molecule has 0 amide bonds. The van der Waals surface area contributed by atoms with Crippen molar-refractivity contribution in [2.45, 2.75) is 19.9 Å². The standard InChI is InChI=1S/C15H18FN3O2/c1-8(2)12-11(14(20)21-3)13(19-15(17)18-12)9-4-6-10(16)7-5-9/h4-8,11-12H,1-3H3,(H2,17,18). The average molecular weight is 291 g/mol. The monoisotopic (exact) mass is 291 g/mol. The summed E-state index contributed by atoms with van der Waals surface area (Å²) in [5.41, 5.74) is 6.86. The lowest BCUT2D eigenvalue weighted by molar-refractivity contribution is -0.143. The lowest BCUT2D eigenvalue weighted by Gasteiger charge is -2.29. The molecule has 2 N–H and O–H groups in total. The van der Waals surface area contributed by atoms with Crippen molar-refractivity contribution in [2.75, 3.05) is 7.11 Å². The molecule has 6 heteroatoms. The third kappa shape index (κ3) is 3.09. The number of ether oxygens (including phenoxy) is 1. The Kier molecular flexibility index (Phi) is 4.35. The molecule has 1 aromatic rings. The van der Waals surface area contributed by atoms with Crippen LogP contribution in [0.25, 0.3) is 0 Å². The van der Waals surface area contributed by atoms with E-state index in [1.807, 2.05) is 13.8 Å². The van der Waals surface area contributed by atoms with Crippen molar-refractivity contribution in [3.05, 3.63) is 35.6 Å². The Bertz CT molecular complexity index is 593. The Labute approximate surface area is 122 Å². The van der Waals surface area contributed by atoms with E-state index in [1.54, 1.807) is 12.1 Å². The van der Waals surface area contributed by atoms with Crippen molar-refractivity contribution in [1.82, 2.24) is 0 Å². The second-order valence-corrected chi connectivity index (χ2v) is 5.23. The first-order chi connectivity index (χ1) is 9.93. The largest absolute Gasteiger partial charge is 0.468 e. The molecule has 2 atom stereocenters. The number of methoxy groups -OCH3 is 1. The zero-order valence-electron chi connectivity index (χ0n) is 12.2. The minimum atomic E-state index is -0.646. The van der Waals surface area contributed by atoms with Crippen LogP contribution in [0.15, 0.2) is 34.3 Å². The number of benzene rings is 1. The third-order valence-corrected chi connectivity index (χ3v) is 3.43. The summed E-state index contributed by atoms with van der Waals surface area (Å²) >= 11 is 0. The second-order valence-electron chi connectivity index (χ2n) is 5.23. The maximum Gasteiger partial charge on any atom is 0.316 e. The van der Waals surface area contributed by atoms with Crippen LogP contribution in [-0.2, 0) is 9.53 Å². The number of guanidine groups is 1. The first-order valence-electron chi connectivity index (χ1n) is 6.69. The molecule has 1 aliphatic heterocycles. The van der Waals surface area contributed by atoms with Crippen molar-refractivity contribution in [1.29, 1.82) is 0 Å². The van der Waals surface area contributed by atoms with Crippen LogP contribution >= 0.6 is 0 Å². The number of carbonyl (C=O) groups excluding carboxylic acids is 1. The fourth-order valence-electron chi connectivity index (χ4n) is 2.39. The number of halogens is 1. The summed E-state index contributed by atoms with van der Waals surface area (Å²) in [7, 11) is 1.32. The van der Waals surface area contributed by atoms with Gasteiger partial charge in [0, 0.05) is 0 Å². The molecule has 0 fully saturated rings. The molecule has 112 valence electrons. The van der Waals surface area contributed by atoms with Gasteiger partial charge in [-0.15, -0.1) is 0 Å². The highest BCUT2D eigenvalue weighted by molar-refractivity contribution is 6.17. The number of aliphatic imine (C=N–C) groups is 2. The van der Waals surface area contributed by atoms with Gasteiger partial charge in [0.25, 0.3) is 0 Å². The predicted octanol–water partition coefficient (Wildman–Crippen LogP) is 1.76. The number of nitrogens with zero attached hydrogens (tertiary/aromatic N) is 2. The summed E-state index contributed by atoms with van der Waals surface area (Å²) in [6.07, 6.45) is 0. The van der Waals surface area contributed by atoms with E-state index in [0.29, 0.717) is 11.3 Å². The van der Waals surface area contributed by atoms with Crippen molar-refractivity contribution >= 4 is 17.6 Å². The van der Waals surface area contributed by atoms with Gasteiger partial charge in [-0.05, 0) is 23.6 Å². The summed E-state index contributed by atoms with van der Waals surface area (Å²) < 4.78 is 18.0. The van der Waals surface area contributed by atoms with E-state index in [0.717, 1.165) is 0 Å². The summed E-state index contributed by atoms with van der Waals surface area (Å²) in [5, 5.41) is 0. The van der Waals surface area contributed by atoms with Crippen LogP contribution < -0.4 is 5.73 Å². The molecule has 1 heterocycles. The normalized spacial score (nSPS) is 21.8. The molecule has 0 aromatic heterocycles. The van der Waals surface area contributed by atoms with Crippen LogP contribution in [0.1, 0.15) is 19.4 Å². The highest BCUT2D eigenvalue weighted by Crippen LogP contribution is 2.26. The van der Waals surface area contributed by atoms with Gasteiger partial charge in [0.05, 0.1) is 18.9 Å². The second kappa shape index (κ2) is 6.03. The molecule has 0 radical (unpaired) electrons. The molecular weight excluding hydrogens is 273 g/mol. The van der Waals surface area contributed by atoms with Gasteiger partial charge in [-0.3, -0.25) is 4.79 Å². The molecule has 0 bridgehead atoms. The van der Waals surface area contributed by atoms with E-state index in [1.165, 1.54) is 19.2 Å². The van der Waals surface area contributed by atoms with Crippen LogP contribution in [0.3, 0.4) is 0 Å². The minimum absolute atomic E-state index is 0.0820. The summed E-state index contributed by atoms with van der Waals surface area (Å²) in [6, 6.07) is 5.42. The molecule has 2 unspecified atom stereocenters. The van der Waals surface area contributed by atoms with Crippen LogP contribution in [0, 0.1) is 17.7 Å². The predicted molar refractivity (Wildman–Crippen MR) is 78.7 cm³/mol. The summed E-state index contributed by atoms with van der Waals surface area (Å²) in [5.74, 6) is -1.22. The number of nitrogens with two attached hydrogens (primary N) is 1. The Morgan fingerprint density at radius 1 is 1.33 bits per heavy atom. The van der Waals surface area contributed by atoms with Crippen LogP contribution in [-0.4, -0.2) is 30.8 Å².